The van der Waals surface area contributed by atoms with Gasteiger partial charge in [0.1, 0.15) is 0 Å². The van der Waals surface area contributed by atoms with Crippen LogP contribution < -0.4 is 10.6 Å². The highest BCUT2D eigenvalue weighted by molar-refractivity contribution is 9.11. The summed E-state index contributed by atoms with van der Waals surface area (Å²) in [7, 11) is 0. The van der Waals surface area contributed by atoms with Crippen LogP contribution in [-0.4, -0.2) is 24.2 Å². The Hall–Kier alpha value is -2.08. The van der Waals surface area contributed by atoms with Crippen LogP contribution >= 0.6 is 31.9 Å². The Morgan fingerprint density at radius 1 is 0.714 bits per heavy atom. The molecule has 192 valence electrons. The van der Waals surface area contributed by atoms with Gasteiger partial charge in [-0.25, -0.2) is 0 Å². The van der Waals surface area contributed by atoms with E-state index in [0.717, 1.165) is 12.1 Å². The van der Waals surface area contributed by atoms with Crippen LogP contribution in [0.15, 0.2) is 45.3 Å². The molecule has 0 bridgehead atoms. The van der Waals surface area contributed by atoms with Crippen LogP contribution in [-0.2, 0) is 15.0 Å². The fourth-order valence-electron chi connectivity index (χ4n) is 3.56. The van der Waals surface area contributed by atoms with Gasteiger partial charge in [0.05, 0.1) is 11.4 Å². The molecule has 2 rings (SSSR count). The highest BCUT2D eigenvalue weighted by Gasteiger charge is 2.72. The fourth-order valence-corrected chi connectivity index (χ4v) is 4.52. The second-order valence-electron chi connectivity index (χ2n) is 7.73. The first-order valence-electron chi connectivity index (χ1n) is 10.5. The number of halogens is 8. The normalized spacial score (nSPS) is 12.4. The van der Waals surface area contributed by atoms with E-state index in [9.17, 15) is 35.9 Å². The molecule has 2 N–H and O–H groups in total. The first kappa shape index (κ1) is 29.2. The minimum atomic E-state index is -5.79. The molecule has 0 aromatic heterocycles. The van der Waals surface area contributed by atoms with E-state index < -0.39 is 40.7 Å². The number of alkyl halides is 6. The van der Waals surface area contributed by atoms with Gasteiger partial charge in [-0.2, -0.15) is 26.3 Å². The number of hydrogen-bond donors (Lipinski definition) is 2. The van der Waals surface area contributed by atoms with Crippen molar-refractivity contribution in [3.8, 4) is 0 Å². The third-order valence-electron chi connectivity index (χ3n) is 5.16. The number of benzene rings is 2. The lowest BCUT2D eigenvalue weighted by molar-refractivity contribution is -0.288. The van der Waals surface area contributed by atoms with Crippen molar-refractivity contribution in [1.82, 2.24) is 0 Å². The minimum Gasteiger partial charge on any atom is -0.325 e. The van der Waals surface area contributed by atoms with Gasteiger partial charge in [-0.3, -0.25) is 9.59 Å². The van der Waals surface area contributed by atoms with E-state index >= 15 is 0 Å². The Kier molecular flexibility index (Phi) is 9.43. The third kappa shape index (κ3) is 6.19. The smallest absolute Gasteiger partial charge is 0.325 e. The molecule has 4 nitrogen and oxygen atoms in total. The molecule has 0 atom stereocenters. The van der Waals surface area contributed by atoms with Gasteiger partial charge in [-0.1, -0.05) is 26.0 Å². The van der Waals surface area contributed by atoms with Crippen molar-refractivity contribution in [2.24, 2.45) is 0 Å². The second-order valence-corrected chi connectivity index (χ2v) is 9.44. The summed E-state index contributed by atoms with van der Waals surface area (Å²) in [5.41, 5.74) is -6.48. The van der Waals surface area contributed by atoms with Crippen LogP contribution in [0.3, 0.4) is 0 Å². The van der Waals surface area contributed by atoms with Crippen LogP contribution in [0.25, 0.3) is 0 Å². The molecule has 2 amide bonds. The highest BCUT2D eigenvalue weighted by atomic mass is 79.9. The number of carbonyl (C=O) groups excluding carboxylic acids is 2. The van der Waals surface area contributed by atoms with Crippen molar-refractivity contribution in [3.05, 3.63) is 56.5 Å². The molecule has 2 aromatic carbocycles. The van der Waals surface area contributed by atoms with Crippen molar-refractivity contribution < 1.29 is 35.9 Å². The maximum Gasteiger partial charge on any atom is 0.411 e. The molecule has 0 aliphatic rings. The zero-order chi connectivity index (χ0) is 26.6. The zero-order valence-electron chi connectivity index (χ0n) is 18.6. The lowest BCUT2D eigenvalue weighted by atomic mass is 9.73. The van der Waals surface area contributed by atoms with Gasteiger partial charge in [0.15, 0.2) is 0 Å². The van der Waals surface area contributed by atoms with E-state index in [2.05, 4.69) is 42.5 Å². The molecule has 0 aliphatic carbocycles. The molecule has 0 saturated heterocycles. The number of anilines is 2. The van der Waals surface area contributed by atoms with Crippen LogP contribution in [0.5, 0.6) is 0 Å². The predicted molar refractivity (Wildman–Crippen MR) is 128 cm³/mol. The van der Waals surface area contributed by atoms with Crippen molar-refractivity contribution in [2.75, 3.05) is 10.6 Å². The molecule has 0 heterocycles. The molecule has 35 heavy (non-hydrogen) atoms. The van der Waals surface area contributed by atoms with Gasteiger partial charge in [0.2, 0.25) is 17.2 Å². The van der Waals surface area contributed by atoms with Crippen molar-refractivity contribution in [3.63, 3.8) is 0 Å². The van der Waals surface area contributed by atoms with Crippen molar-refractivity contribution in [1.29, 1.82) is 0 Å². The molecule has 12 heteroatoms. The first-order chi connectivity index (χ1) is 16.2. The van der Waals surface area contributed by atoms with E-state index in [0.29, 0.717) is 37.1 Å². The fraction of sp³-hybridized carbons (Fsp3) is 0.391. The Morgan fingerprint density at radius 3 is 1.31 bits per heavy atom. The van der Waals surface area contributed by atoms with E-state index in [1.54, 1.807) is 13.8 Å². The largest absolute Gasteiger partial charge is 0.411 e. The molecule has 0 unspecified atom stereocenters. The maximum absolute atomic E-state index is 14.4. The summed E-state index contributed by atoms with van der Waals surface area (Å²) in [6.45, 7) is 3.49. The SMILES string of the molecule is CCCC(=O)Nc1ccc(C(c2ccc(NC(=O)CCC)c(Br)c2)(C(F)(F)F)C(F)(F)F)cc1Br. The van der Waals surface area contributed by atoms with Gasteiger partial charge < -0.3 is 10.6 Å². The van der Waals surface area contributed by atoms with Crippen LogP contribution in [0.2, 0.25) is 0 Å². The van der Waals surface area contributed by atoms with Crippen LogP contribution in [0, 0.1) is 0 Å². The molecule has 0 spiro atoms. The molecule has 0 fully saturated rings. The van der Waals surface area contributed by atoms with E-state index in [1.807, 2.05) is 0 Å². The number of carbonyl (C=O) groups is 2. The number of nitrogens with one attached hydrogen (secondary N) is 2. The number of hydrogen-bond acceptors (Lipinski definition) is 2. The third-order valence-corrected chi connectivity index (χ3v) is 6.47. The van der Waals surface area contributed by atoms with Gasteiger partial charge >= 0.3 is 12.4 Å². The summed E-state index contributed by atoms with van der Waals surface area (Å²) in [6, 6.07) is 4.78. The minimum absolute atomic E-state index is 0.0422. The first-order valence-corrected chi connectivity index (χ1v) is 12.1. The van der Waals surface area contributed by atoms with Crippen molar-refractivity contribution >= 4 is 55.0 Å². The Bertz CT molecular complexity index is 1000. The van der Waals surface area contributed by atoms with Crippen LogP contribution in [0.1, 0.15) is 50.7 Å². The van der Waals surface area contributed by atoms with E-state index in [-0.39, 0.29) is 33.2 Å². The van der Waals surface area contributed by atoms with Gasteiger partial charge in [-0.15, -0.1) is 0 Å². The molecular formula is C23H22Br2F6N2O2. The molecule has 0 aliphatic heterocycles. The topological polar surface area (TPSA) is 58.2 Å². The van der Waals surface area contributed by atoms with Gasteiger partial charge in [-0.05, 0) is 80.1 Å². The standard InChI is InChI=1S/C23H22Br2F6N2O2/c1-3-5-19(34)32-17-9-7-13(11-15(17)24)21(22(26,27)28,23(29,30)31)14-8-10-18(16(25)12-14)33-20(35)6-4-2/h7-12H,3-6H2,1-2H3,(H,32,34)(H,33,35). The summed E-state index contributed by atoms with van der Waals surface area (Å²) < 4.78 is 86.4. The number of amides is 2. The maximum atomic E-state index is 14.4. The average Bonchev–Trinajstić information content (AvgIpc) is 2.70. The Balaban J connectivity index is 2.70. The van der Waals surface area contributed by atoms with E-state index in [4.69, 9.17) is 0 Å². The lowest BCUT2D eigenvalue weighted by Crippen LogP contribution is -2.54. The summed E-state index contributed by atoms with van der Waals surface area (Å²) in [4.78, 5) is 23.7. The number of rotatable bonds is 8. The summed E-state index contributed by atoms with van der Waals surface area (Å²) in [5, 5.41) is 4.91. The summed E-state index contributed by atoms with van der Waals surface area (Å²) >= 11 is 5.97. The second kappa shape index (κ2) is 11.3. The summed E-state index contributed by atoms with van der Waals surface area (Å²) in [6.07, 6.45) is -10.3. The Labute approximate surface area is 215 Å². The van der Waals surface area contributed by atoms with Gasteiger partial charge in [0.25, 0.3) is 0 Å². The molecule has 2 aromatic rings. The quantitative estimate of drug-likeness (QED) is 0.289. The monoisotopic (exact) mass is 630 g/mol. The van der Waals surface area contributed by atoms with E-state index in [1.165, 1.54) is 0 Å². The summed E-state index contributed by atoms with van der Waals surface area (Å²) in [5.74, 6) is -0.855. The highest BCUT2D eigenvalue weighted by Crippen LogP contribution is 2.57. The van der Waals surface area contributed by atoms with Gasteiger partial charge in [0, 0.05) is 21.8 Å². The average molecular weight is 632 g/mol. The van der Waals surface area contributed by atoms with Crippen LogP contribution in [0.4, 0.5) is 37.7 Å². The Morgan fingerprint density at radius 2 is 1.06 bits per heavy atom. The molecule has 0 radical (unpaired) electrons. The lowest BCUT2D eigenvalue weighted by Gasteiger charge is -2.38. The van der Waals surface area contributed by atoms with Crippen molar-refractivity contribution in [2.45, 2.75) is 57.3 Å². The molecular weight excluding hydrogens is 610 g/mol. The predicted octanol–water partition coefficient (Wildman–Crippen LogP) is 8.10. The molecule has 0 saturated carbocycles. The zero-order valence-corrected chi connectivity index (χ0v) is 21.8.